The van der Waals surface area contributed by atoms with E-state index >= 15 is 0 Å². The molecule has 0 aromatic carbocycles. The van der Waals surface area contributed by atoms with Crippen LogP contribution in [0.1, 0.15) is 20.8 Å². The van der Waals surface area contributed by atoms with Gasteiger partial charge in [0.05, 0.1) is 11.4 Å². The Hall–Kier alpha value is -2.13. The molecule has 0 spiro atoms. The molecule has 120 valence electrons. The van der Waals surface area contributed by atoms with E-state index in [0.29, 0.717) is 0 Å². The molecule has 0 aromatic heterocycles. The molecule has 0 bridgehead atoms. The summed E-state index contributed by atoms with van der Waals surface area (Å²) in [6, 6.07) is 0. The zero-order valence-corrected chi connectivity index (χ0v) is 12.5. The fraction of sp³-hybridized carbons (Fsp3) is 0.455. The number of Topliss-reactive ketones (excluding diaryl/α,β-unsaturated/α-hetero) is 1. The second kappa shape index (κ2) is 5.93. The number of ketones is 1. The smallest absolute Gasteiger partial charge is 0.289 e. The van der Waals surface area contributed by atoms with Gasteiger partial charge in [-0.2, -0.15) is 26.0 Å². The van der Waals surface area contributed by atoms with E-state index in [1.807, 2.05) is 0 Å². The summed E-state index contributed by atoms with van der Waals surface area (Å²) in [6.07, 6.45) is 0.960. The van der Waals surface area contributed by atoms with Crippen molar-refractivity contribution in [1.29, 1.82) is 0 Å². The first-order valence-corrected chi connectivity index (χ1v) is 7.30. The molecule has 0 heterocycles. The van der Waals surface area contributed by atoms with Gasteiger partial charge in [-0.15, -0.1) is 0 Å². The van der Waals surface area contributed by atoms with Gasteiger partial charge in [-0.05, 0) is 30.0 Å². The minimum Gasteiger partial charge on any atom is -0.289 e. The average molecular weight is 336 g/mol. The molecular formula is C11H11F3N4O3S. The molecule has 0 saturated carbocycles. The fourth-order valence-electron chi connectivity index (χ4n) is 1.62. The van der Waals surface area contributed by atoms with Crippen LogP contribution in [0.2, 0.25) is 0 Å². The van der Waals surface area contributed by atoms with Crippen LogP contribution in [0.3, 0.4) is 0 Å². The number of halogens is 3. The summed E-state index contributed by atoms with van der Waals surface area (Å²) in [4.78, 5) is 14.5. The summed E-state index contributed by atoms with van der Waals surface area (Å²) in [7, 11) is -5.77. The van der Waals surface area contributed by atoms with Crippen molar-refractivity contribution in [2.24, 2.45) is 15.4 Å². The van der Waals surface area contributed by atoms with Crippen LogP contribution in [0, 0.1) is 5.92 Å². The number of sulfonamides is 1. The maximum Gasteiger partial charge on any atom is 0.518 e. The van der Waals surface area contributed by atoms with E-state index in [2.05, 4.69) is 14.4 Å². The Morgan fingerprint density at radius 2 is 1.86 bits per heavy atom. The highest BCUT2D eigenvalue weighted by Gasteiger charge is 2.46. The second-order valence-electron chi connectivity index (χ2n) is 4.64. The minimum atomic E-state index is -5.77. The molecule has 1 aliphatic rings. The standard InChI is InChI=1S/C11H11F3N4O3S/c1-5(2)7-4-8(17-22(20,21)11(12,13)14)6(3)9(10(7)19)16-18-15/h4-5H,1-3H3. The number of hydrogen-bond donors (Lipinski definition) is 0. The number of hydrogen-bond acceptors (Lipinski definition) is 4. The third kappa shape index (κ3) is 3.37. The van der Waals surface area contributed by atoms with Gasteiger partial charge in [0, 0.05) is 10.5 Å². The van der Waals surface area contributed by atoms with Crippen LogP contribution in [0.5, 0.6) is 0 Å². The van der Waals surface area contributed by atoms with Crippen LogP contribution < -0.4 is 0 Å². The van der Waals surface area contributed by atoms with E-state index in [9.17, 15) is 26.4 Å². The maximum atomic E-state index is 12.4. The summed E-state index contributed by atoms with van der Waals surface area (Å²) in [5, 5.41) is 3.13. The molecule has 7 nitrogen and oxygen atoms in total. The zero-order chi connectivity index (χ0) is 17.3. The van der Waals surface area contributed by atoms with Crippen molar-refractivity contribution >= 4 is 21.5 Å². The van der Waals surface area contributed by atoms with Crippen LogP contribution >= 0.6 is 0 Å². The van der Waals surface area contributed by atoms with Gasteiger partial charge >= 0.3 is 15.5 Å². The highest BCUT2D eigenvalue weighted by Crippen LogP contribution is 2.29. The second-order valence-corrected chi connectivity index (χ2v) is 6.24. The lowest BCUT2D eigenvalue weighted by atomic mass is 9.88. The van der Waals surface area contributed by atoms with Gasteiger partial charge in [-0.3, -0.25) is 4.79 Å². The molecule has 1 aliphatic carbocycles. The molecule has 0 N–H and O–H groups in total. The number of carbonyl (C=O) groups is 1. The summed E-state index contributed by atoms with van der Waals surface area (Å²) < 4.78 is 62.2. The molecular weight excluding hydrogens is 325 g/mol. The number of allylic oxidation sites excluding steroid dienone is 3. The molecule has 0 fully saturated rings. The van der Waals surface area contributed by atoms with Crippen molar-refractivity contribution in [2.75, 3.05) is 0 Å². The quantitative estimate of drug-likeness (QED) is 0.341. The number of alkyl halides is 3. The van der Waals surface area contributed by atoms with Gasteiger partial charge in [0.25, 0.3) is 0 Å². The third-order valence-electron chi connectivity index (χ3n) is 2.79. The molecule has 0 aromatic rings. The Labute approximate surface area is 123 Å². The number of carbonyl (C=O) groups excluding carboxylic acids is 1. The SMILES string of the molecule is CC1=C(N=[N+]=[N-])C(=O)C(C(C)C)=CC1=NS(=O)(=O)C(F)(F)F. The predicted octanol–water partition coefficient (Wildman–Crippen LogP) is 3.03. The summed E-state index contributed by atoms with van der Waals surface area (Å²) >= 11 is 0. The maximum absolute atomic E-state index is 12.4. The van der Waals surface area contributed by atoms with Gasteiger partial charge in [-0.25, -0.2) is 0 Å². The lowest BCUT2D eigenvalue weighted by Gasteiger charge is -2.18. The molecule has 0 aliphatic heterocycles. The van der Waals surface area contributed by atoms with Crippen LogP contribution in [0.25, 0.3) is 10.4 Å². The predicted molar refractivity (Wildman–Crippen MR) is 72.2 cm³/mol. The number of nitrogens with zero attached hydrogens (tertiary/aromatic N) is 4. The molecule has 0 amide bonds. The van der Waals surface area contributed by atoms with E-state index in [4.69, 9.17) is 5.53 Å². The van der Waals surface area contributed by atoms with Gasteiger partial charge in [-0.1, -0.05) is 19.0 Å². The highest BCUT2D eigenvalue weighted by molar-refractivity contribution is 7.91. The normalized spacial score (nSPS) is 18.6. The monoisotopic (exact) mass is 336 g/mol. The Kier molecular flexibility index (Phi) is 4.83. The van der Waals surface area contributed by atoms with Crippen LogP contribution in [-0.4, -0.2) is 25.4 Å². The van der Waals surface area contributed by atoms with Gasteiger partial charge in [0.1, 0.15) is 0 Å². The van der Waals surface area contributed by atoms with E-state index < -0.39 is 38.6 Å². The topological polar surface area (TPSA) is 112 Å². The van der Waals surface area contributed by atoms with Crippen LogP contribution in [0.4, 0.5) is 13.2 Å². The molecule has 22 heavy (non-hydrogen) atoms. The summed E-state index contributed by atoms with van der Waals surface area (Å²) in [5.41, 5.74) is 1.60. The van der Waals surface area contributed by atoms with Crippen molar-refractivity contribution in [1.82, 2.24) is 0 Å². The van der Waals surface area contributed by atoms with E-state index in [-0.39, 0.29) is 11.1 Å². The highest BCUT2D eigenvalue weighted by atomic mass is 32.2. The first-order chi connectivity index (χ1) is 9.92. The lowest BCUT2D eigenvalue weighted by molar-refractivity contribution is -0.112. The first kappa shape index (κ1) is 17.9. The van der Waals surface area contributed by atoms with Gasteiger partial charge in [0.15, 0.2) is 5.78 Å². The van der Waals surface area contributed by atoms with E-state index in [1.165, 1.54) is 0 Å². The third-order valence-corrected chi connectivity index (χ3v) is 3.81. The molecule has 1 rings (SSSR count). The summed E-state index contributed by atoms with van der Waals surface area (Å²) in [6.45, 7) is 4.31. The zero-order valence-electron chi connectivity index (χ0n) is 11.7. The molecule has 0 atom stereocenters. The average Bonchev–Trinajstić information content (AvgIpc) is 2.36. The van der Waals surface area contributed by atoms with Gasteiger partial charge in [0.2, 0.25) is 0 Å². The first-order valence-electron chi connectivity index (χ1n) is 5.86. The van der Waals surface area contributed by atoms with Crippen molar-refractivity contribution < 1.29 is 26.4 Å². The number of rotatable bonds is 3. The molecule has 0 unspecified atom stereocenters. The van der Waals surface area contributed by atoms with E-state index in [1.54, 1.807) is 13.8 Å². The largest absolute Gasteiger partial charge is 0.518 e. The lowest BCUT2D eigenvalue weighted by Crippen LogP contribution is -2.25. The van der Waals surface area contributed by atoms with E-state index in [0.717, 1.165) is 13.0 Å². The van der Waals surface area contributed by atoms with Gasteiger partial charge < -0.3 is 0 Å². The van der Waals surface area contributed by atoms with Crippen molar-refractivity contribution in [3.8, 4) is 0 Å². The van der Waals surface area contributed by atoms with Crippen molar-refractivity contribution in [3.63, 3.8) is 0 Å². The van der Waals surface area contributed by atoms with Crippen LogP contribution in [-0.2, 0) is 14.8 Å². The van der Waals surface area contributed by atoms with Crippen LogP contribution in [0.15, 0.2) is 32.4 Å². The molecule has 0 saturated heterocycles. The van der Waals surface area contributed by atoms with Crippen molar-refractivity contribution in [3.05, 3.63) is 33.4 Å². The molecule has 0 radical (unpaired) electrons. The Bertz CT molecular complexity index is 754. The Morgan fingerprint density at radius 1 is 1.32 bits per heavy atom. The molecule has 11 heteroatoms. The Morgan fingerprint density at radius 3 is 2.27 bits per heavy atom. The fourth-order valence-corrected chi connectivity index (χ4v) is 2.17. The summed E-state index contributed by atoms with van der Waals surface area (Å²) in [5.74, 6) is -1.10. The van der Waals surface area contributed by atoms with Crippen molar-refractivity contribution in [2.45, 2.75) is 26.3 Å². The number of azide groups is 1. The minimum absolute atomic E-state index is 0.00382. The Balaban J connectivity index is 3.64.